The molecule has 0 aliphatic heterocycles. The van der Waals surface area contributed by atoms with Crippen LogP contribution in [-0.2, 0) is 9.53 Å². The molecule has 0 amide bonds. The fourth-order valence-electron chi connectivity index (χ4n) is 1.63. The van der Waals surface area contributed by atoms with Crippen molar-refractivity contribution in [2.45, 2.75) is 6.92 Å². The first-order valence-electron chi connectivity index (χ1n) is 5.72. The van der Waals surface area contributed by atoms with E-state index in [0.717, 1.165) is 5.56 Å². The summed E-state index contributed by atoms with van der Waals surface area (Å²) in [5.41, 5.74) is 1.44. The Morgan fingerprint density at radius 3 is 2.53 bits per heavy atom. The number of benzene rings is 1. The molecule has 0 aliphatic carbocycles. The summed E-state index contributed by atoms with van der Waals surface area (Å²) in [5, 5.41) is 0. The molecule has 3 nitrogen and oxygen atoms in total. The van der Waals surface area contributed by atoms with E-state index in [-0.39, 0.29) is 5.82 Å². The minimum Gasteiger partial charge on any atom is -0.466 e. The molecule has 2 rings (SSSR count). The van der Waals surface area contributed by atoms with Crippen LogP contribution in [0.1, 0.15) is 12.7 Å². The van der Waals surface area contributed by atoms with Gasteiger partial charge < -0.3 is 9.15 Å². The Morgan fingerprint density at radius 2 is 1.89 bits per heavy atom. The predicted molar refractivity (Wildman–Crippen MR) is 69.8 cm³/mol. The molecule has 0 saturated carbocycles. The van der Waals surface area contributed by atoms with Crippen molar-refractivity contribution in [2.75, 3.05) is 7.11 Å². The van der Waals surface area contributed by atoms with Gasteiger partial charge in [-0.25, -0.2) is 9.18 Å². The van der Waals surface area contributed by atoms with Gasteiger partial charge >= 0.3 is 5.97 Å². The maximum Gasteiger partial charge on any atom is 0.330 e. The quantitative estimate of drug-likeness (QED) is 0.624. The average molecular weight is 260 g/mol. The molecule has 2 aromatic rings. The Kier molecular flexibility index (Phi) is 3.80. The molecule has 0 spiro atoms. The van der Waals surface area contributed by atoms with Crippen molar-refractivity contribution >= 4 is 11.5 Å². The van der Waals surface area contributed by atoms with Crippen LogP contribution in [0.4, 0.5) is 4.39 Å². The lowest BCUT2D eigenvalue weighted by Crippen LogP contribution is -1.95. The van der Waals surface area contributed by atoms with Crippen molar-refractivity contribution in [1.82, 2.24) is 0 Å². The molecule has 1 aromatic heterocycles. The van der Waals surface area contributed by atoms with Gasteiger partial charge in [0.05, 0.1) is 7.11 Å². The maximum atomic E-state index is 12.8. The summed E-state index contributed by atoms with van der Waals surface area (Å²) in [5.74, 6) is 0.465. The Balaban J connectivity index is 2.26. The van der Waals surface area contributed by atoms with Gasteiger partial charge in [-0.3, -0.25) is 0 Å². The number of esters is 1. The summed E-state index contributed by atoms with van der Waals surface area (Å²) >= 11 is 0. The van der Waals surface area contributed by atoms with Gasteiger partial charge in [-0.05, 0) is 48.9 Å². The second-order valence-corrected chi connectivity index (χ2v) is 4.02. The number of allylic oxidation sites excluding steroid dienone is 1. The van der Waals surface area contributed by atoms with Gasteiger partial charge in [0.1, 0.15) is 17.3 Å². The molecule has 0 unspecified atom stereocenters. The molecule has 0 atom stereocenters. The van der Waals surface area contributed by atoms with Crippen molar-refractivity contribution in [1.29, 1.82) is 0 Å². The number of carbonyl (C=O) groups excluding carboxylic acids is 1. The zero-order chi connectivity index (χ0) is 13.8. The third-order valence-electron chi connectivity index (χ3n) is 2.66. The summed E-state index contributed by atoms with van der Waals surface area (Å²) in [4.78, 5) is 11.1. The number of furan rings is 1. The first-order valence-corrected chi connectivity index (χ1v) is 5.72. The first kappa shape index (κ1) is 13.1. The molecule has 1 aromatic carbocycles. The van der Waals surface area contributed by atoms with E-state index in [4.69, 9.17) is 4.42 Å². The minimum atomic E-state index is -0.433. The van der Waals surface area contributed by atoms with Crippen molar-refractivity contribution in [3.63, 3.8) is 0 Å². The Bertz CT molecular complexity index is 609. The molecule has 19 heavy (non-hydrogen) atoms. The lowest BCUT2D eigenvalue weighted by Gasteiger charge is -1.98. The summed E-state index contributed by atoms with van der Waals surface area (Å²) in [6.45, 7) is 1.75. The molecule has 0 fully saturated rings. The largest absolute Gasteiger partial charge is 0.466 e. The number of rotatable bonds is 3. The van der Waals surface area contributed by atoms with Crippen LogP contribution in [0, 0.1) is 5.82 Å². The SMILES string of the molecule is COC(=O)/C=C(\C)c1ccc(-c2ccc(F)cc2)o1. The highest BCUT2D eigenvalue weighted by molar-refractivity contribution is 5.90. The van der Waals surface area contributed by atoms with Crippen LogP contribution in [0.15, 0.2) is 46.9 Å². The van der Waals surface area contributed by atoms with Crippen molar-refractivity contribution in [2.24, 2.45) is 0 Å². The van der Waals surface area contributed by atoms with Crippen LogP contribution < -0.4 is 0 Å². The van der Waals surface area contributed by atoms with E-state index in [2.05, 4.69) is 4.74 Å². The maximum absolute atomic E-state index is 12.8. The Hall–Kier alpha value is -2.36. The molecule has 4 heteroatoms. The Morgan fingerprint density at radius 1 is 1.21 bits per heavy atom. The molecule has 0 aliphatic rings. The molecular formula is C15H13FO3. The van der Waals surface area contributed by atoms with Gasteiger partial charge in [0, 0.05) is 11.6 Å². The normalized spacial score (nSPS) is 11.4. The number of halogens is 1. The highest BCUT2D eigenvalue weighted by Gasteiger charge is 2.07. The molecule has 0 saturated heterocycles. The number of carbonyl (C=O) groups is 1. The fraction of sp³-hybridized carbons (Fsp3) is 0.133. The van der Waals surface area contributed by atoms with Gasteiger partial charge in [0.25, 0.3) is 0 Å². The minimum absolute atomic E-state index is 0.294. The summed E-state index contributed by atoms with van der Waals surface area (Å²) in [7, 11) is 1.32. The van der Waals surface area contributed by atoms with Gasteiger partial charge in [-0.1, -0.05) is 0 Å². The lowest BCUT2D eigenvalue weighted by molar-refractivity contribution is -0.134. The van der Waals surface area contributed by atoms with Crippen LogP contribution in [0.25, 0.3) is 16.9 Å². The van der Waals surface area contributed by atoms with Gasteiger partial charge in [0.15, 0.2) is 0 Å². The van der Waals surface area contributed by atoms with Crippen LogP contribution in [0.3, 0.4) is 0 Å². The van der Waals surface area contributed by atoms with E-state index >= 15 is 0 Å². The zero-order valence-corrected chi connectivity index (χ0v) is 10.6. The third kappa shape index (κ3) is 3.10. The fourth-order valence-corrected chi connectivity index (χ4v) is 1.63. The third-order valence-corrected chi connectivity index (χ3v) is 2.66. The molecule has 0 N–H and O–H groups in total. The molecule has 98 valence electrons. The molecule has 0 bridgehead atoms. The van der Waals surface area contributed by atoms with Gasteiger partial charge in [0.2, 0.25) is 0 Å². The standard InChI is InChI=1S/C15H13FO3/c1-10(9-15(17)18-2)13-7-8-14(19-13)11-3-5-12(16)6-4-11/h3-9H,1-2H3/b10-9+. The van der Waals surface area contributed by atoms with Gasteiger partial charge in [-0.2, -0.15) is 0 Å². The van der Waals surface area contributed by atoms with E-state index in [1.54, 1.807) is 31.2 Å². The van der Waals surface area contributed by atoms with Crippen LogP contribution >= 0.6 is 0 Å². The van der Waals surface area contributed by atoms with Crippen LogP contribution in [0.5, 0.6) is 0 Å². The Labute approximate surface area is 110 Å². The summed E-state index contributed by atoms with van der Waals surface area (Å²) in [6, 6.07) is 9.54. The first-order chi connectivity index (χ1) is 9.10. The topological polar surface area (TPSA) is 39.4 Å². The average Bonchev–Trinajstić information content (AvgIpc) is 2.89. The molecule has 1 heterocycles. The van der Waals surface area contributed by atoms with Crippen molar-refractivity contribution in [3.05, 3.63) is 54.1 Å². The molecular weight excluding hydrogens is 247 g/mol. The number of hydrogen-bond acceptors (Lipinski definition) is 3. The zero-order valence-electron chi connectivity index (χ0n) is 10.6. The lowest BCUT2D eigenvalue weighted by atomic mass is 10.2. The van der Waals surface area contributed by atoms with Crippen molar-refractivity contribution < 1.29 is 18.3 Å². The highest BCUT2D eigenvalue weighted by atomic mass is 19.1. The van der Waals surface area contributed by atoms with Crippen molar-refractivity contribution in [3.8, 4) is 11.3 Å². The second-order valence-electron chi connectivity index (χ2n) is 4.02. The highest BCUT2D eigenvalue weighted by Crippen LogP contribution is 2.25. The summed E-state index contributed by atoms with van der Waals surface area (Å²) < 4.78 is 23.0. The van der Waals surface area contributed by atoms with Crippen LogP contribution in [-0.4, -0.2) is 13.1 Å². The van der Waals surface area contributed by atoms with Crippen LogP contribution in [0.2, 0.25) is 0 Å². The van der Waals surface area contributed by atoms with E-state index in [1.165, 1.54) is 25.3 Å². The predicted octanol–water partition coefficient (Wildman–Crippen LogP) is 3.66. The van der Waals surface area contributed by atoms with E-state index in [9.17, 15) is 9.18 Å². The smallest absolute Gasteiger partial charge is 0.330 e. The van der Waals surface area contributed by atoms with E-state index in [1.807, 2.05) is 0 Å². The summed E-state index contributed by atoms with van der Waals surface area (Å²) in [6.07, 6.45) is 1.35. The van der Waals surface area contributed by atoms with E-state index < -0.39 is 5.97 Å². The number of methoxy groups -OCH3 is 1. The number of hydrogen-bond donors (Lipinski definition) is 0. The molecule has 0 radical (unpaired) electrons. The number of ether oxygens (including phenoxy) is 1. The van der Waals surface area contributed by atoms with E-state index in [0.29, 0.717) is 17.1 Å². The monoisotopic (exact) mass is 260 g/mol. The second kappa shape index (κ2) is 5.52. The van der Waals surface area contributed by atoms with Gasteiger partial charge in [-0.15, -0.1) is 0 Å².